The molecule has 0 radical (unpaired) electrons. The molecule has 0 heterocycles. The fourth-order valence-electron chi connectivity index (χ4n) is 1.70. The summed E-state index contributed by atoms with van der Waals surface area (Å²) in [5.74, 6) is 0. The van der Waals surface area contributed by atoms with Gasteiger partial charge in [-0.15, -0.1) is 0 Å². The quantitative estimate of drug-likeness (QED) is 0.730. The first kappa shape index (κ1) is 8.52. The molecule has 0 atom stereocenters. The van der Waals surface area contributed by atoms with Gasteiger partial charge in [-0.25, -0.2) is 0 Å². The Bertz CT molecular complexity index is 305. The summed E-state index contributed by atoms with van der Waals surface area (Å²) in [7, 11) is 0. The van der Waals surface area contributed by atoms with Crippen LogP contribution in [0.15, 0.2) is 35.9 Å². The van der Waals surface area contributed by atoms with Crippen LogP contribution in [0.3, 0.4) is 0 Å². The molecule has 1 fully saturated rings. The van der Waals surface area contributed by atoms with Gasteiger partial charge in [0.25, 0.3) is 0 Å². The number of aliphatic hydroxyl groups is 1. The van der Waals surface area contributed by atoms with Gasteiger partial charge < -0.3 is 5.11 Å². The van der Waals surface area contributed by atoms with Crippen LogP contribution in [-0.4, -0.2) is 11.7 Å². The van der Waals surface area contributed by atoms with Crippen LogP contribution in [0.5, 0.6) is 0 Å². The SMILES string of the molecule is OCC(=C1CCC1)c1ccccc1. The maximum atomic E-state index is 9.26. The largest absolute Gasteiger partial charge is 0.392 e. The summed E-state index contributed by atoms with van der Waals surface area (Å²) in [6.45, 7) is 0.180. The van der Waals surface area contributed by atoms with Crippen molar-refractivity contribution in [3.8, 4) is 0 Å². The van der Waals surface area contributed by atoms with E-state index in [1.54, 1.807) is 0 Å². The molecule has 1 nitrogen and oxygen atoms in total. The molecule has 1 saturated carbocycles. The highest BCUT2D eigenvalue weighted by molar-refractivity contribution is 5.70. The van der Waals surface area contributed by atoms with Crippen molar-refractivity contribution >= 4 is 5.57 Å². The molecule has 68 valence electrons. The van der Waals surface area contributed by atoms with E-state index < -0.39 is 0 Å². The molecule has 1 aromatic carbocycles. The van der Waals surface area contributed by atoms with E-state index >= 15 is 0 Å². The van der Waals surface area contributed by atoms with Gasteiger partial charge in [0.05, 0.1) is 6.61 Å². The lowest BCUT2D eigenvalue weighted by Crippen LogP contribution is -2.04. The lowest BCUT2D eigenvalue weighted by Gasteiger charge is -2.21. The first-order valence-corrected chi connectivity index (χ1v) is 4.79. The van der Waals surface area contributed by atoms with Crippen LogP contribution >= 0.6 is 0 Å². The van der Waals surface area contributed by atoms with Crippen LogP contribution in [0, 0.1) is 0 Å². The number of hydrogen-bond acceptors (Lipinski definition) is 1. The van der Waals surface area contributed by atoms with E-state index in [4.69, 9.17) is 0 Å². The number of allylic oxidation sites excluding steroid dienone is 1. The minimum absolute atomic E-state index is 0.180. The zero-order chi connectivity index (χ0) is 9.10. The van der Waals surface area contributed by atoms with Gasteiger partial charge >= 0.3 is 0 Å². The van der Waals surface area contributed by atoms with Gasteiger partial charge in [0, 0.05) is 0 Å². The summed E-state index contributed by atoms with van der Waals surface area (Å²) in [5.41, 5.74) is 3.76. The van der Waals surface area contributed by atoms with Crippen LogP contribution < -0.4 is 0 Å². The maximum absolute atomic E-state index is 9.26. The monoisotopic (exact) mass is 174 g/mol. The van der Waals surface area contributed by atoms with E-state index in [9.17, 15) is 5.11 Å². The molecule has 0 bridgehead atoms. The Morgan fingerprint density at radius 2 is 1.85 bits per heavy atom. The van der Waals surface area contributed by atoms with Crippen LogP contribution in [0.1, 0.15) is 24.8 Å². The van der Waals surface area contributed by atoms with E-state index in [2.05, 4.69) is 12.1 Å². The third-order valence-electron chi connectivity index (χ3n) is 2.66. The fraction of sp³-hybridized carbons (Fsp3) is 0.333. The van der Waals surface area contributed by atoms with Gasteiger partial charge in [-0.2, -0.15) is 0 Å². The zero-order valence-electron chi connectivity index (χ0n) is 7.66. The lowest BCUT2D eigenvalue weighted by atomic mass is 9.85. The molecule has 0 aromatic heterocycles. The summed E-state index contributed by atoms with van der Waals surface area (Å²) in [6.07, 6.45) is 3.63. The Balaban J connectivity index is 2.32. The normalized spacial score (nSPS) is 15.3. The van der Waals surface area contributed by atoms with Crippen LogP contribution in [0.25, 0.3) is 5.57 Å². The molecule has 1 N–H and O–H groups in total. The molecule has 1 aromatic rings. The summed E-state index contributed by atoms with van der Waals surface area (Å²) in [4.78, 5) is 0. The average molecular weight is 174 g/mol. The van der Waals surface area contributed by atoms with Crippen LogP contribution in [0.2, 0.25) is 0 Å². The Morgan fingerprint density at radius 3 is 2.31 bits per heavy atom. The second kappa shape index (κ2) is 3.75. The molecule has 0 unspecified atom stereocenters. The van der Waals surface area contributed by atoms with Crippen molar-refractivity contribution in [1.29, 1.82) is 0 Å². The average Bonchev–Trinajstić information content (AvgIpc) is 2.12. The molecule has 0 spiro atoms. The van der Waals surface area contributed by atoms with Crippen LogP contribution in [0.4, 0.5) is 0 Å². The van der Waals surface area contributed by atoms with Gasteiger partial charge in [0.2, 0.25) is 0 Å². The highest BCUT2D eigenvalue weighted by Gasteiger charge is 2.14. The van der Waals surface area contributed by atoms with Gasteiger partial charge in [0.15, 0.2) is 0 Å². The molecular weight excluding hydrogens is 160 g/mol. The Hall–Kier alpha value is -1.08. The van der Waals surface area contributed by atoms with E-state index in [0.717, 1.165) is 5.57 Å². The summed E-state index contributed by atoms with van der Waals surface area (Å²) >= 11 is 0. The summed E-state index contributed by atoms with van der Waals surface area (Å²) in [5, 5.41) is 9.26. The molecule has 0 amide bonds. The minimum atomic E-state index is 0.180. The van der Waals surface area contributed by atoms with Gasteiger partial charge in [-0.1, -0.05) is 35.9 Å². The molecule has 13 heavy (non-hydrogen) atoms. The maximum Gasteiger partial charge on any atom is 0.0687 e. The first-order valence-electron chi connectivity index (χ1n) is 4.79. The molecule has 2 rings (SSSR count). The van der Waals surface area contributed by atoms with Crippen molar-refractivity contribution in [3.63, 3.8) is 0 Å². The van der Waals surface area contributed by atoms with E-state index in [1.807, 2.05) is 18.2 Å². The van der Waals surface area contributed by atoms with Gasteiger partial charge in [0.1, 0.15) is 0 Å². The molecule has 0 saturated heterocycles. The third kappa shape index (κ3) is 1.65. The van der Waals surface area contributed by atoms with Crippen molar-refractivity contribution in [1.82, 2.24) is 0 Å². The van der Waals surface area contributed by atoms with E-state index in [1.165, 1.54) is 30.4 Å². The van der Waals surface area contributed by atoms with Crippen molar-refractivity contribution in [2.75, 3.05) is 6.61 Å². The predicted molar refractivity (Wildman–Crippen MR) is 54.3 cm³/mol. The van der Waals surface area contributed by atoms with Crippen molar-refractivity contribution in [3.05, 3.63) is 41.5 Å². The highest BCUT2D eigenvalue weighted by Crippen LogP contribution is 2.32. The third-order valence-corrected chi connectivity index (χ3v) is 2.66. The highest BCUT2D eigenvalue weighted by atomic mass is 16.3. The van der Waals surface area contributed by atoms with E-state index in [-0.39, 0.29) is 6.61 Å². The Morgan fingerprint density at radius 1 is 1.15 bits per heavy atom. The molecule has 0 aliphatic heterocycles. The summed E-state index contributed by atoms with van der Waals surface area (Å²) < 4.78 is 0. The predicted octanol–water partition coefficient (Wildman–Crippen LogP) is 2.62. The minimum Gasteiger partial charge on any atom is -0.392 e. The molecular formula is C12H14O. The van der Waals surface area contributed by atoms with Crippen molar-refractivity contribution < 1.29 is 5.11 Å². The van der Waals surface area contributed by atoms with Crippen LogP contribution in [-0.2, 0) is 0 Å². The number of aliphatic hydroxyl groups excluding tert-OH is 1. The molecule has 1 aliphatic rings. The smallest absolute Gasteiger partial charge is 0.0687 e. The Kier molecular flexibility index (Phi) is 2.46. The van der Waals surface area contributed by atoms with E-state index in [0.29, 0.717) is 0 Å². The standard InChI is InChI=1S/C12H14O/c13-9-12(11-7-4-8-11)10-5-2-1-3-6-10/h1-3,5-6,13H,4,7-9H2. The number of benzene rings is 1. The van der Waals surface area contributed by atoms with Gasteiger partial charge in [-0.3, -0.25) is 0 Å². The Labute approximate surface area is 78.7 Å². The van der Waals surface area contributed by atoms with Crippen molar-refractivity contribution in [2.24, 2.45) is 0 Å². The van der Waals surface area contributed by atoms with Gasteiger partial charge in [-0.05, 0) is 30.4 Å². The second-order valence-electron chi connectivity index (χ2n) is 3.46. The topological polar surface area (TPSA) is 20.2 Å². The number of rotatable bonds is 2. The van der Waals surface area contributed by atoms with Crippen molar-refractivity contribution in [2.45, 2.75) is 19.3 Å². The second-order valence-corrected chi connectivity index (χ2v) is 3.46. The molecule has 1 heteroatoms. The first-order chi connectivity index (χ1) is 6.42. The number of hydrogen-bond donors (Lipinski definition) is 1. The lowest BCUT2D eigenvalue weighted by molar-refractivity contribution is 0.348. The summed E-state index contributed by atoms with van der Waals surface area (Å²) in [6, 6.07) is 10.2. The fourth-order valence-corrected chi connectivity index (χ4v) is 1.70. The zero-order valence-corrected chi connectivity index (χ0v) is 7.66. The molecule has 1 aliphatic carbocycles.